The van der Waals surface area contributed by atoms with Crippen LogP contribution in [0.1, 0.15) is 162 Å². The smallest absolute Gasteiger partial charge is 0.320 e. The van der Waals surface area contributed by atoms with Crippen LogP contribution in [0.4, 0.5) is 0 Å². The van der Waals surface area contributed by atoms with Gasteiger partial charge >= 0.3 is 5.97 Å². The normalized spacial score (nSPS) is 13.2. The molecule has 0 rings (SSSR count). The van der Waals surface area contributed by atoms with Crippen LogP contribution in [0.3, 0.4) is 0 Å². The van der Waals surface area contributed by atoms with Crippen molar-refractivity contribution in [3.8, 4) is 0 Å². The lowest BCUT2D eigenvalue weighted by Crippen LogP contribution is -2.27. The van der Waals surface area contributed by atoms with Gasteiger partial charge in [-0.05, 0) is 104 Å². The number of unbranched alkanes of at least 4 members (excludes halogenated alkanes) is 14. The Kier molecular flexibility index (Phi) is 33.1. The van der Waals surface area contributed by atoms with Crippen molar-refractivity contribution < 1.29 is 9.53 Å². The van der Waals surface area contributed by atoms with Gasteiger partial charge in [0.05, 0.1) is 6.54 Å². The van der Waals surface area contributed by atoms with Crippen molar-refractivity contribution in [1.29, 1.82) is 0 Å². The monoisotopic (exact) mass is 598 g/mol. The third-order valence-corrected chi connectivity index (χ3v) is 7.65. The molecular formula is C40H71NO2. The molecule has 0 spiro atoms. The zero-order valence-electron chi connectivity index (χ0n) is 29.1. The van der Waals surface area contributed by atoms with Crippen molar-refractivity contribution >= 4 is 5.97 Å². The van der Waals surface area contributed by atoms with E-state index in [4.69, 9.17) is 4.74 Å². The highest BCUT2D eigenvalue weighted by Gasteiger charge is 2.14. The largest absolute Gasteiger partial charge is 0.461 e. The van der Waals surface area contributed by atoms with Crippen LogP contribution < -0.4 is 0 Å². The maximum atomic E-state index is 12.3. The number of hydrogen-bond donors (Lipinski definition) is 0. The number of rotatable bonds is 31. The summed E-state index contributed by atoms with van der Waals surface area (Å²) in [7, 11) is 3.85. The molecule has 0 heterocycles. The van der Waals surface area contributed by atoms with Crippen LogP contribution in [0.2, 0.25) is 0 Å². The van der Waals surface area contributed by atoms with E-state index in [0.29, 0.717) is 6.54 Å². The molecule has 0 aliphatic carbocycles. The topological polar surface area (TPSA) is 29.5 Å². The lowest BCUT2D eigenvalue weighted by atomic mass is 10.0. The SMILES string of the molecule is CC/C=C/C/C=C\C/C=C\CCCCCCCC(CCCCCCCC/C=C\C/C=C\CCCCC)OC(=O)CN(C)C. The molecule has 0 N–H and O–H groups in total. The summed E-state index contributed by atoms with van der Waals surface area (Å²) in [4.78, 5) is 14.2. The van der Waals surface area contributed by atoms with Gasteiger partial charge in [-0.2, -0.15) is 0 Å². The van der Waals surface area contributed by atoms with Gasteiger partial charge in [0.15, 0.2) is 0 Å². The summed E-state index contributed by atoms with van der Waals surface area (Å²) in [5, 5.41) is 0. The van der Waals surface area contributed by atoms with E-state index in [0.717, 1.165) is 44.9 Å². The van der Waals surface area contributed by atoms with E-state index in [1.54, 1.807) is 0 Å². The Morgan fingerprint density at radius 3 is 1.37 bits per heavy atom. The lowest BCUT2D eigenvalue weighted by molar-refractivity contribution is -0.150. The number of carbonyl (C=O) groups excluding carboxylic acids is 1. The van der Waals surface area contributed by atoms with Crippen LogP contribution in [0.5, 0.6) is 0 Å². The van der Waals surface area contributed by atoms with Crippen molar-refractivity contribution in [2.45, 2.75) is 168 Å². The minimum absolute atomic E-state index is 0.0749. The average molecular weight is 598 g/mol. The quantitative estimate of drug-likeness (QED) is 0.0452. The van der Waals surface area contributed by atoms with Gasteiger partial charge in [0.1, 0.15) is 6.10 Å². The molecule has 0 fully saturated rings. The van der Waals surface area contributed by atoms with Gasteiger partial charge in [0.25, 0.3) is 0 Å². The molecule has 0 aromatic rings. The third-order valence-electron chi connectivity index (χ3n) is 7.65. The molecule has 0 saturated carbocycles. The minimum atomic E-state index is -0.0749. The van der Waals surface area contributed by atoms with Crippen LogP contribution in [0.15, 0.2) is 60.8 Å². The number of nitrogens with zero attached hydrogens (tertiary/aromatic N) is 1. The Morgan fingerprint density at radius 2 is 0.930 bits per heavy atom. The van der Waals surface area contributed by atoms with Gasteiger partial charge in [-0.1, -0.05) is 132 Å². The number of carbonyl (C=O) groups is 1. The summed E-state index contributed by atoms with van der Waals surface area (Å²) in [5.41, 5.74) is 0. The maximum Gasteiger partial charge on any atom is 0.320 e. The molecule has 0 amide bonds. The molecule has 1 atom stereocenters. The lowest BCUT2D eigenvalue weighted by Gasteiger charge is -2.19. The molecule has 0 radical (unpaired) electrons. The molecule has 3 nitrogen and oxygen atoms in total. The van der Waals surface area contributed by atoms with Crippen molar-refractivity contribution in [2.24, 2.45) is 0 Å². The Balaban J connectivity index is 3.93. The fourth-order valence-electron chi connectivity index (χ4n) is 5.09. The highest BCUT2D eigenvalue weighted by atomic mass is 16.5. The van der Waals surface area contributed by atoms with Gasteiger partial charge in [-0.15, -0.1) is 0 Å². The van der Waals surface area contributed by atoms with E-state index < -0.39 is 0 Å². The second-order valence-corrected chi connectivity index (χ2v) is 12.4. The number of ether oxygens (including phenoxy) is 1. The number of likely N-dealkylation sites (N-methyl/N-ethyl adjacent to an activating group) is 1. The second-order valence-electron chi connectivity index (χ2n) is 12.4. The van der Waals surface area contributed by atoms with Gasteiger partial charge in [-0.3, -0.25) is 9.69 Å². The fourth-order valence-corrected chi connectivity index (χ4v) is 5.09. The highest BCUT2D eigenvalue weighted by Crippen LogP contribution is 2.17. The first kappa shape index (κ1) is 41.1. The summed E-state index contributed by atoms with van der Waals surface area (Å²) in [6.07, 6.45) is 50.8. The zero-order chi connectivity index (χ0) is 31.5. The molecule has 248 valence electrons. The van der Waals surface area contributed by atoms with Crippen LogP contribution >= 0.6 is 0 Å². The summed E-state index contributed by atoms with van der Waals surface area (Å²) in [6.45, 7) is 4.80. The van der Waals surface area contributed by atoms with Crippen LogP contribution in [0, 0.1) is 0 Å². The van der Waals surface area contributed by atoms with Crippen molar-refractivity contribution in [3.63, 3.8) is 0 Å². The highest BCUT2D eigenvalue weighted by molar-refractivity contribution is 5.71. The van der Waals surface area contributed by atoms with Gasteiger partial charge in [-0.25, -0.2) is 0 Å². The standard InChI is InChI=1S/C40H71NO2/c1-5-7-9-11-13-15-17-19-21-23-25-27-29-31-33-35-37-39(43-40(42)38-41(3)4)36-34-32-30-28-26-24-22-20-18-16-14-12-10-8-6-2/h8,10,13-16,19-22,39H,5-7,9,11-12,17-18,23-38H2,1-4H3/b10-8+,15-13-,16-14-,21-19-,22-20-. The predicted octanol–water partition coefficient (Wildman–Crippen LogP) is 12.3. The molecule has 3 heteroatoms. The summed E-state index contributed by atoms with van der Waals surface area (Å²) in [6, 6.07) is 0. The molecule has 0 aromatic carbocycles. The number of esters is 1. The second kappa shape index (κ2) is 34.6. The van der Waals surface area contributed by atoms with Gasteiger partial charge in [0, 0.05) is 0 Å². The zero-order valence-corrected chi connectivity index (χ0v) is 29.1. The molecular weight excluding hydrogens is 526 g/mol. The van der Waals surface area contributed by atoms with Crippen molar-refractivity contribution in [2.75, 3.05) is 20.6 Å². The number of allylic oxidation sites excluding steroid dienone is 10. The molecule has 0 bridgehead atoms. The summed E-state index contributed by atoms with van der Waals surface area (Å²) < 4.78 is 5.89. The Morgan fingerprint density at radius 1 is 0.535 bits per heavy atom. The Labute approximate surface area is 269 Å². The van der Waals surface area contributed by atoms with E-state index in [1.165, 1.54) is 103 Å². The van der Waals surface area contributed by atoms with Gasteiger partial charge < -0.3 is 4.74 Å². The van der Waals surface area contributed by atoms with Crippen LogP contribution in [-0.2, 0) is 9.53 Å². The van der Waals surface area contributed by atoms with E-state index >= 15 is 0 Å². The van der Waals surface area contributed by atoms with E-state index in [2.05, 4.69) is 74.6 Å². The number of hydrogen-bond acceptors (Lipinski definition) is 3. The fraction of sp³-hybridized carbons (Fsp3) is 0.725. The van der Waals surface area contributed by atoms with Gasteiger partial charge in [0.2, 0.25) is 0 Å². The van der Waals surface area contributed by atoms with E-state index in [-0.39, 0.29) is 12.1 Å². The van der Waals surface area contributed by atoms with Crippen molar-refractivity contribution in [3.05, 3.63) is 60.8 Å². The molecule has 1 unspecified atom stereocenters. The molecule has 0 aliphatic heterocycles. The molecule has 0 saturated heterocycles. The van der Waals surface area contributed by atoms with E-state index in [1.807, 2.05) is 19.0 Å². The first-order chi connectivity index (χ1) is 21.1. The summed E-state index contributed by atoms with van der Waals surface area (Å²) in [5.74, 6) is -0.0749. The minimum Gasteiger partial charge on any atom is -0.461 e. The Bertz CT molecular complexity index is 731. The third kappa shape index (κ3) is 34.5. The molecule has 0 aliphatic rings. The van der Waals surface area contributed by atoms with Crippen LogP contribution in [0.25, 0.3) is 0 Å². The maximum absolute atomic E-state index is 12.3. The average Bonchev–Trinajstić information content (AvgIpc) is 2.98. The predicted molar refractivity (Wildman–Crippen MR) is 192 cm³/mol. The first-order valence-electron chi connectivity index (χ1n) is 18.2. The molecule has 43 heavy (non-hydrogen) atoms. The summed E-state index contributed by atoms with van der Waals surface area (Å²) >= 11 is 0. The first-order valence-corrected chi connectivity index (χ1v) is 18.2. The molecule has 0 aromatic heterocycles. The van der Waals surface area contributed by atoms with Crippen LogP contribution in [-0.4, -0.2) is 37.6 Å². The Hall–Kier alpha value is -1.87. The van der Waals surface area contributed by atoms with E-state index in [9.17, 15) is 4.79 Å². The van der Waals surface area contributed by atoms with Crippen molar-refractivity contribution in [1.82, 2.24) is 4.90 Å².